The fourth-order valence-electron chi connectivity index (χ4n) is 3.61. The Morgan fingerprint density at radius 3 is 2.03 bits per heavy atom. The summed E-state index contributed by atoms with van der Waals surface area (Å²) in [6.45, 7) is 2.32. The van der Waals surface area contributed by atoms with Crippen molar-refractivity contribution in [1.82, 2.24) is 10.2 Å². The van der Waals surface area contributed by atoms with Crippen molar-refractivity contribution in [3.63, 3.8) is 0 Å². The molecule has 0 heterocycles. The second-order valence-corrected chi connectivity index (χ2v) is 7.59. The molecular formula is C27H30N2O3. The van der Waals surface area contributed by atoms with Crippen LogP contribution in [0, 0.1) is 0 Å². The number of carbonyl (C=O) groups excluding carboxylic acids is 2. The summed E-state index contributed by atoms with van der Waals surface area (Å²) in [4.78, 5) is 27.1. The number of amides is 1. The summed E-state index contributed by atoms with van der Waals surface area (Å²) in [5, 5.41) is 3.12. The molecule has 0 aliphatic carbocycles. The monoisotopic (exact) mass is 430 g/mol. The van der Waals surface area contributed by atoms with Crippen LogP contribution in [0.15, 0.2) is 84.9 Å². The third-order valence-electron chi connectivity index (χ3n) is 5.30. The highest BCUT2D eigenvalue weighted by Crippen LogP contribution is 2.20. The lowest BCUT2D eigenvalue weighted by Gasteiger charge is -2.27. The summed E-state index contributed by atoms with van der Waals surface area (Å²) in [6.07, 6.45) is 0.526. The molecule has 0 bridgehead atoms. The molecule has 32 heavy (non-hydrogen) atoms. The van der Waals surface area contributed by atoms with Gasteiger partial charge in [0, 0.05) is 6.54 Å². The van der Waals surface area contributed by atoms with E-state index >= 15 is 0 Å². The van der Waals surface area contributed by atoms with E-state index in [9.17, 15) is 9.59 Å². The summed E-state index contributed by atoms with van der Waals surface area (Å²) in [6, 6.07) is 27.6. The molecule has 0 aliphatic rings. The van der Waals surface area contributed by atoms with E-state index in [4.69, 9.17) is 4.74 Å². The minimum Gasteiger partial charge on any atom is -0.465 e. The minimum atomic E-state index is -0.448. The van der Waals surface area contributed by atoms with Gasteiger partial charge in [-0.3, -0.25) is 9.59 Å². The first-order chi connectivity index (χ1) is 15.6. The van der Waals surface area contributed by atoms with Crippen LogP contribution in [0.2, 0.25) is 0 Å². The molecule has 0 fully saturated rings. The van der Waals surface area contributed by atoms with Crippen LogP contribution in [0.5, 0.6) is 0 Å². The van der Waals surface area contributed by atoms with Gasteiger partial charge in [0.2, 0.25) is 5.91 Å². The van der Waals surface area contributed by atoms with Crippen LogP contribution in [0.25, 0.3) is 11.1 Å². The fraction of sp³-hybridized carbons (Fsp3) is 0.259. The number of hydrogen-bond donors (Lipinski definition) is 1. The average molecular weight is 431 g/mol. The number of ether oxygens (including phenoxy) is 1. The molecule has 0 aliphatic heterocycles. The zero-order valence-electron chi connectivity index (χ0n) is 18.7. The minimum absolute atomic E-state index is 0.0767. The summed E-state index contributed by atoms with van der Waals surface area (Å²) < 4.78 is 5.09. The van der Waals surface area contributed by atoms with Crippen molar-refractivity contribution >= 4 is 11.9 Å². The lowest BCUT2D eigenvalue weighted by molar-refractivity contribution is -0.150. The van der Waals surface area contributed by atoms with Crippen molar-refractivity contribution in [3.05, 3.63) is 96.1 Å². The molecule has 0 saturated carbocycles. The van der Waals surface area contributed by atoms with E-state index in [2.05, 4.69) is 29.6 Å². The maximum atomic E-state index is 13.4. The molecule has 1 N–H and O–H groups in total. The maximum absolute atomic E-state index is 13.4. The zero-order chi connectivity index (χ0) is 22.8. The standard InChI is InChI=1S/C27H30N2O3/c1-3-32-26(30)20-29(19-22-10-6-4-7-11-22)27(31)25(28-2)18-21-14-16-24(17-15-21)23-12-8-5-9-13-23/h4-17,25,28H,3,18-20H2,1-2H3/t25-/m1/s1. The first-order valence-electron chi connectivity index (χ1n) is 10.9. The predicted octanol–water partition coefficient (Wildman–Crippen LogP) is 4.08. The Morgan fingerprint density at radius 2 is 1.44 bits per heavy atom. The number of esters is 1. The maximum Gasteiger partial charge on any atom is 0.325 e. The van der Waals surface area contributed by atoms with E-state index < -0.39 is 12.0 Å². The Morgan fingerprint density at radius 1 is 0.844 bits per heavy atom. The highest BCUT2D eigenvalue weighted by molar-refractivity contribution is 5.86. The topological polar surface area (TPSA) is 58.6 Å². The molecule has 1 amide bonds. The molecule has 0 radical (unpaired) electrons. The molecule has 1 atom stereocenters. The summed E-state index contributed by atoms with van der Waals surface area (Å²) in [7, 11) is 1.77. The molecule has 0 spiro atoms. The third-order valence-corrected chi connectivity index (χ3v) is 5.30. The number of likely N-dealkylation sites (N-methyl/N-ethyl adjacent to an activating group) is 1. The van der Waals surface area contributed by atoms with E-state index in [1.165, 1.54) is 0 Å². The van der Waals surface area contributed by atoms with Crippen LogP contribution in [-0.2, 0) is 27.3 Å². The van der Waals surface area contributed by atoms with Gasteiger partial charge >= 0.3 is 5.97 Å². The lowest BCUT2D eigenvalue weighted by atomic mass is 10.00. The van der Waals surface area contributed by atoms with Crippen LogP contribution in [0.1, 0.15) is 18.1 Å². The van der Waals surface area contributed by atoms with Gasteiger partial charge in [0.25, 0.3) is 0 Å². The molecule has 3 aromatic carbocycles. The van der Waals surface area contributed by atoms with Gasteiger partial charge in [-0.2, -0.15) is 0 Å². The number of carbonyl (C=O) groups is 2. The van der Waals surface area contributed by atoms with Gasteiger partial charge in [0.15, 0.2) is 0 Å². The SMILES string of the molecule is CCOC(=O)CN(Cc1ccccc1)C(=O)[C@@H](Cc1ccc(-c2ccccc2)cc1)NC. The Kier molecular flexibility index (Phi) is 8.58. The van der Waals surface area contributed by atoms with E-state index in [-0.39, 0.29) is 19.1 Å². The average Bonchev–Trinajstić information content (AvgIpc) is 2.83. The summed E-state index contributed by atoms with van der Waals surface area (Å²) in [5.74, 6) is -0.532. The highest BCUT2D eigenvalue weighted by atomic mass is 16.5. The molecule has 3 rings (SSSR count). The fourth-order valence-corrected chi connectivity index (χ4v) is 3.61. The van der Waals surface area contributed by atoms with Gasteiger partial charge in [0.05, 0.1) is 12.6 Å². The van der Waals surface area contributed by atoms with Gasteiger partial charge in [-0.15, -0.1) is 0 Å². The third kappa shape index (κ3) is 6.53. The smallest absolute Gasteiger partial charge is 0.325 e. The van der Waals surface area contributed by atoms with E-state index in [0.717, 1.165) is 22.3 Å². The second-order valence-electron chi connectivity index (χ2n) is 7.59. The number of hydrogen-bond acceptors (Lipinski definition) is 4. The summed E-state index contributed by atoms with van der Waals surface area (Å²) in [5.41, 5.74) is 4.30. The zero-order valence-corrected chi connectivity index (χ0v) is 18.7. The van der Waals surface area contributed by atoms with E-state index in [1.54, 1.807) is 18.9 Å². The van der Waals surface area contributed by atoms with Crippen LogP contribution in [-0.4, -0.2) is 43.0 Å². The predicted molar refractivity (Wildman–Crippen MR) is 127 cm³/mol. The molecular weight excluding hydrogens is 400 g/mol. The van der Waals surface area contributed by atoms with E-state index in [0.29, 0.717) is 13.0 Å². The number of nitrogens with one attached hydrogen (secondary N) is 1. The first-order valence-corrected chi connectivity index (χ1v) is 10.9. The largest absolute Gasteiger partial charge is 0.465 e. The van der Waals surface area contributed by atoms with Crippen LogP contribution in [0.3, 0.4) is 0 Å². The number of benzene rings is 3. The molecule has 166 valence electrons. The Balaban J connectivity index is 1.73. The molecule has 3 aromatic rings. The summed E-state index contributed by atoms with van der Waals surface area (Å²) >= 11 is 0. The normalized spacial score (nSPS) is 11.6. The second kappa shape index (κ2) is 11.8. The first kappa shape index (κ1) is 23.2. The van der Waals surface area contributed by atoms with Gasteiger partial charge in [-0.1, -0.05) is 84.9 Å². The Bertz CT molecular complexity index is 988. The Labute approximate surface area is 190 Å². The molecule has 0 unspecified atom stereocenters. The van der Waals surface area contributed by atoms with Gasteiger partial charge < -0.3 is 15.0 Å². The van der Waals surface area contributed by atoms with Gasteiger partial charge in [-0.05, 0) is 42.6 Å². The van der Waals surface area contributed by atoms with Crippen molar-refractivity contribution in [2.75, 3.05) is 20.2 Å². The van der Waals surface area contributed by atoms with Crippen LogP contribution >= 0.6 is 0 Å². The van der Waals surface area contributed by atoms with Crippen molar-refractivity contribution in [3.8, 4) is 11.1 Å². The molecule has 0 aromatic heterocycles. The van der Waals surface area contributed by atoms with Crippen molar-refractivity contribution in [2.45, 2.75) is 25.9 Å². The van der Waals surface area contributed by atoms with Gasteiger partial charge in [-0.25, -0.2) is 0 Å². The molecule has 5 heteroatoms. The van der Waals surface area contributed by atoms with Gasteiger partial charge in [0.1, 0.15) is 6.54 Å². The van der Waals surface area contributed by atoms with Crippen LogP contribution in [0.4, 0.5) is 0 Å². The highest BCUT2D eigenvalue weighted by Gasteiger charge is 2.25. The number of nitrogens with zero attached hydrogens (tertiary/aromatic N) is 1. The number of rotatable bonds is 10. The van der Waals surface area contributed by atoms with Crippen molar-refractivity contribution in [1.29, 1.82) is 0 Å². The lowest BCUT2D eigenvalue weighted by Crippen LogP contribution is -2.48. The van der Waals surface area contributed by atoms with Crippen LogP contribution < -0.4 is 5.32 Å². The Hall–Kier alpha value is -3.44. The molecule has 5 nitrogen and oxygen atoms in total. The van der Waals surface area contributed by atoms with Crippen molar-refractivity contribution in [2.24, 2.45) is 0 Å². The quantitative estimate of drug-likeness (QED) is 0.493. The van der Waals surface area contributed by atoms with E-state index in [1.807, 2.05) is 60.7 Å². The van der Waals surface area contributed by atoms with Crippen molar-refractivity contribution < 1.29 is 14.3 Å². The molecule has 0 saturated heterocycles.